The van der Waals surface area contributed by atoms with Gasteiger partial charge in [-0.2, -0.15) is 0 Å². The van der Waals surface area contributed by atoms with E-state index in [0.717, 1.165) is 88.4 Å². The van der Waals surface area contributed by atoms with Crippen LogP contribution in [0.25, 0.3) is 33.3 Å². The van der Waals surface area contributed by atoms with Gasteiger partial charge in [0.2, 0.25) is 11.8 Å². The molecule has 14 nitrogen and oxygen atoms in total. The van der Waals surface area contributed by atoms with Crippen molar-refractivity contribution in [3.8, 4) is 22.4 Å². The number of amides is 3. The van der Waals surface area contributed by atoms with Crippen LogP contribution in [-0.4, -0.2) is 127 Å². The van der Waals surface area contributed by atoms with E-state index in [2.05, 4.69) is 89.3 Å². The van der Waals surface area contributed by atoms with Crippen LogP contribution < -0.4 is 15.6 Å². The van der Waals surface area contributed by atoms with Gasteiger partial charge in [-0.25, -0.2) is 5.43 Å². The standard InChI is InChI=1S/C50H66N8O6/c1-8-57-44-17-16-36-26-39(44)41(46(57)40-27-38(29-51-45(40)32(2)63-7)55-22-20-54(6)21-23-55)28-50(4,5)31-64-49(62)42-15-11-19-58(53-42)48(61)43(25-34-12-9-13-35(36)24-34)52-47(60)37-14-10-18-56(30-37)33(3)59/h9,12-13,16-17,24,26-27,29,32,37,42-43,53H,8,10-11,14-15,18-23,25,28,30-31H2,1-7H3,(H,52,60)/t32-,37-,42-,43-/m0/s1. The summed E-state index contributed by atoms with van der Waals surface area (Å²) in [6.07, 6.45) is 5.03. The molecule has 2 N–H and O–H groups in total. The highest BCUT2D eigenvalue weighted by atomic mass is 16.5. The van der Waals surface area contributed by atoms with E-state index < -0.39 is 29.4 Å². The number of pyridine rings is 1. The van der Waals surface area contributed by atoms with E-state index in [1.165, 1.54) is 11.9 Å². The van der Waals surface area contributed by atoms with E-state index in [1.807, 2.05) is 25.3 Å². The number of piperazine rings is 1. The van der Waals surface area contributed by atoms with Crippen LogP contribution in [0.4, 0.5) is 5.69 Å². The van der Waals surface area contributed by atoms with Gasteiger partial charge < -0.3 is 34.1 Å². The van der Waals surface area contributed by atoms with Crippen LogP contribution in [0.15, 0.2) is 54.7 Å². The van der Waals surface area contributed by atoms with Crippen LogP contribution in [0.3, 0.4) is 0 Å². The Morgan fingerprint density at radius 1 is 1.00 bits per heavy atom. The predicted octanol–water partition coefficient (Wildman–Crippen LogP) is 5.76. The van der Waals surface area contributed by atoms with Gasteiger partial charge in [-0.15, -0.1) is 0 Å². The maximum atomic E-state index is 14.5. The van der Waals surface area contributed by atoms with Gasteiger partial charge in [-0.05, 0) is 93.5 Å². The summed E-state index contributed by atoms with van der Waals surface area (Å²) in [4.78, 5) is 66.2. The lowest BCUT2D eigenvalue weighted by Gasteiger charge is -2.36. The second-order valence-corrected chi connectivity index (χ2v) is 19.1. The number of likely N-dealkylation sites (tertiary alicyclic amines) is 1. The fourth-order valence-corrected chi connectivity index (χ4v) is 10.0. The third-order valence-corrected chi connectivity index (χ3v) is 13.8. The number of benzene rings is 2. The molecule has 3 amide bonds. The van der Waals surface area contributed by atoms with Crippen molar-refractivity contribution in [1.82, 2.24) is 35.1 Å². The van der Waals surface area contributed by atoms with E-state index in [1.54, 1.807) is 12.0 Å². The molecule has 342 valence electrons. The number of hydrogen-bond donors (Lipinski definition) is 2. The Morgan fingerprint density at radius 2 is 1.77 bits per heavy atom. The zero-order chi connectivity index (χ0) is 45.3. The number of nitrogens with zero attached hydrogens (tertiary/aromatic N) is 6. The minimum absolute atomic E-state index is 0.0638. The van der Waals surface area contributed by atoms with E-state index >= 15 is 0 Å². The average Bonchev–Trinajstić information content (AvgIpc) is 3.61. The molecule has 14 heteroatoms. The monoisotopic (exact) mass is 875 g/mol. The summed E-state index contributed by atoms with van der Waals surface area (Å²) in [5.74, 6) is -1.47. The van der Waals surface area contributed by atoms with Crippen molar-refractivity contribution < 1.29 is 28.7 Å². The van der Waals surface area contributed by atoms with Gasteiger partial charge in [0.25, 0.3) is 5.91 Å². The lowest BCUT2D eigenvalue weighted by Crippen LogP contribution is -2.61. The predicted molar refractivity (Wildman–Crippen MR) is 248 cm³/mol. The Balaban J connectivity index is 1.24. The summed E-state index contributed by atoms with van der Waals surface area (Å²) >= 11 is 0. The first-order chi connectivity index (χ1) is 30.7. The largest absolute Gasteiger partial charge is 0.464 e. The number of fused-ring (bicyclic) bond motifs is 6. The van der Waals surface area contributed by atoms with Crippen LogP contribution in [0.1, 0.15) is 83.2 Å². The van der Waals surface area contributed by atoms with Gasteiger partial charge in [0.15, 0.2) is 0 Å². The Labute approximate surface area is 377 Å². The van der Waals surface area contributed by atoms with E-state index in [-0.39, 0.29) is 36.9 Å². The Hall–Kier alpha value is -5.31. The molecule has 0 aliphatic carbocycles. The highest BCUT2D eigenvalue weighted by molar-refractivity contribution is 5.96. The minimum Gasteiger partial charge on any atom is -0.464 e. The summed E-state index contributed by atoms with van der Waals surface area (Å²) in [6.45, 7) is 16.0. The molecule has 4 aliphatic rings. The number of esters is 1. The first-order valence-corrected chi connectivity index (χ1v) is 23.2. The maximum Gasteiger partial charge on any atom is 0.324 e. The number of likely N-dealkylation sites (N-methyl/N-ethyl adjacent to an activating group) is 1. The average molecular weight is 875 g/mol. The molecule has 6 heterocycles. The summed E-state index contributed by atoms with van der Waals surface area (Å²) < 4.78 is 14.6. The topological polar surface area (TPSA) is 142 Å². The van der Waals surface area contributed by atoms with Crippen LogP contribution in [0.5, 0.6) is 0 Å². The third-order valence-electron chi connectivity index (χ3n) is 13.8. The number of hydrazine groups is 1. The molecule has 0 saturated carbocycles. The Morgan fingerprint density at radius 3 is 2.52 bits per heavy atom. The third kappa shape index (κ3) is 9.55. The number of methoxy groups -OCH3 is 1. The molecular weight excluding hydrogens is 809 g/mol. The number of rotatable bonds is 7. The highest BCUT2D eigenvalue weighted by Gasteiger charge is 2.37. The van der Waals surface area contributed by atoms with Crippen molar-refractivity contribution in [3.05, 3.63) is 71.5 Å². The molecule has 0 radical (unpaired) electrons. The van der Waals surface area contributed by atoms with Crippen molar-refractivity contribution in [1.29, 1.82) is 0 Å². The molecule has 0 unspecified atom stereocenters. The molecule has 2 aromatic carbocycles. The summed E-state index contributed by atoms with van der Waals surface area (Å²) in [5, 5.41) is 5.70. The number of ether oxygens (including phenoxy) is 2. The zero-order valence-electron chi connectivity index (χ0n) is 38.7. The summed E-state index contributed by atoms with van der Waals surface area (Å²) in [7, 11) is 3.89. The zero-order valence-corrected chi connectivity index (χ0v) is 38.7. The van der Waals surface area contributed by atoms with Crippen molar-refractivity contribution >= 4 is 40.3 Å². The number of aromatic nitrogens is 2. The summed E-state index contributed by atoms with van der Waals surface area (Å²) in [5.41, 5.74) is 11.9. The number of cyclic esters (lactones) is 1. The normalized spacial score (nSPS) is 22.8. The number of anilines is 1. The SMILES string of the molecule is CCn1c(-c2cc(N3CCN(C)CC3)cnc2[C@H](C)OC)c2c3cc(ccc31)-c1cccc(c1)C[C@H](NC(=O)[C@H]1CCCN(C(C)=O)C1)C(=O)N1CCC[C@H](N1)C(=O)OCC(C)(C)C2. The smallest absolute Gasteiger partial charge is 0.324 e. The van der Waals surface area contributed by atoms with Crippen LogP contribution in [0, 0.1) is 11.3 Å². The number of nitrogens with one attached hydrogen (secondary N) is 2. The van der Waals surface area contributed by atoms with E-state index in [9.17, 15) is 19.2 Å². The van der Waals surface area contributed by atoms with E-state index in [0.29, 0.717) is 51.9 Å². The quantitative estimate of drug-likeness (QED) is 0.221. The minimum atomic E-state index is -0.912. The molecule has 4 atom stereocenters. The molecule has 4 aliphatic heterocycles. The van der Waals surface area contributed by atoms with Crippen LogP contribution in [0.2, 0.25) is 0 Å². The number of piperidine rings is 1. The van der Waals surface area contributed by atoms with Gasteiger partial charge in [0.1, 0.15) is 12.1 Å². The molecule has 64 heavy (non-hydrogen) atoms. The highest BCUT2D eigenvalue weighted by Crippen LogP contribution is 2.43. The van der Waals surface area contributed by atoms with Gasteiger partial charge >= 0.3 is 5.97 Å². The van der Waals surface area contributed by atoms with Crippen LogP contribution in [-0.2, 0) is 48.0 Å². The second-order valence-electron chi connectivity index (χ2n) is 19.1. The number of hydrogen-bond acceptors (Lipinski definition) is 10. The van der Waals surface area contributed by atoms with Gasteiger partial charge in [-0.3, -0.25) is 29.2 Å². The molecule has 2 aromatic heterocycles. The van der Waals surface area contributed by atoms with Crippen molar-refractivity contribution in [2.45, 2.75) is 97.9 Å². The van der Waals surface area contributed by atoms with Crippen molar-refractivity contribution in [2.75, 3.05) is 71.5 Å². The molecule has 6 bridgehead atoms. The second kappa shape index (κ2) is 19.0. The van der Waals surface area contributed by atoms with Gasteiger partial charge in [-0.1, -0.05) is 44.2 Å². The number of carbonyl (C=O) groups is 4. The van der Waals surface area contributed by atoms with Crippen LogP contribution >= 0.6 is 0 Å². The lowest BCUT2D eigenvalue weighted by molar-refractivity contribution is -0.155. The van der Waals surface area contributed by atoms with Crippen molar-refractivity contribution in [2.24, 2.45) is 11.3 Å². The fourth-order valence-electron chi connectivity index (χ4n) is 10.0. The molecule has 3 fully saturated rings. The van der Waals surface area contributed by atoms with Gasteiger partial charge in [0, 0.05) is 94.7 Å². The van der Waals surface area contributed by atoms with E-state index in [4.69, 9.17) is 14.5 Å². The Kier molecular flexibility index (Phi) is 13.5. The molecule has 0 spiro atoms. The number of carbonyl (C=O) groups excluding carboxylic acids is 4. The van der Waals surface area contributed by atoms with Crippen molar-refractivity contribution in [3.63, 3.8) is 0 Å². The first-order valence-electron chi connectivity index (χ1n) is 23.2. The molecule has 3 saturated heterocycles. The van der Waals surface area contributed by atoms with Gasteiger partial charge in [0.05, 0.1) is 41.9 Å². The lowest BCUT2D eigenvalue weighted by atomic mass is 9.84. The number of aryl methyl sites for hydroxylation is 1. The molecular formula is C50H66N8O6. The first kappa shape index (κ1) is 45.3. The molecule has 8 rings (SSSR count). The molecule has 4 aromatic rings. The summed E-state index contributed by atoms with van der Waals surface area (Å²) in [6, 6.07) is 15.5. The Bertz CT molecular complexity index is 2390. The maximum absolute atomic E-state index is 14.5. The fraction of sp³-hybridized carbons (Fsp3) is 0.540.